The third kappa shape index (κ3) is 1.99. The number of likely N-dealkylation sites (tertiary alicyclic amines) is 1. The molecule has 0 bridgehead atoms. The van der Waals surface area contributed by atoms with Crippen LogP contribution in [0.4, 0.5) is 15.8 Å². The zero-order valence-electron chi connectivity index (χ0n) is 9.56. The zero-order valence-corrected chi connectivity index (χ0v) is 9.56. The van der Waals surface area contributed by atoms with Gasteiger partial charge in [-0.1, -0.05) is 0 Å². The molecule has 1 saturated heterocycles. The van der Waals surface area contributed by atoms with Gasteiger partial charge in [-0.05, 0) is 18.9 Å². The first-order valence-corrected chi connectivity index (χ1v) is 5.54. The first-order valence-electron chi connectivity index (χ1n) is 5.54. The zero-order chi connectivity index (χ0) is 13.3. The Hall–Kier alpha value is -2.18. The molecule has 0 atom stereocenters. The standard InChI is InChI=1S/C11H12FN3O3/c12-7-3-4-8(15(17)18)10(13)9(7)11(16)14-5-1-2-6-14/h3-4H,1-2,5-6,13H2. The summed E-state index contributed by atoms with van der Waals surface area (Å²) in [6.45, 7) is 1.06. The summed E-state index contributed by atoms with van der Waals surface area (Å²) in [7, 11) is 0. The summed E-state index contributed by atoms with van der Waals surface area (Å²) in [6, 6.07) is 1.86. The molecule has 2 N–H and O–H groups in total. The van der Waals surface area contributed by atoms with Gasteiger partial charge >= 0.3 is 0 Å². The minimum absolute atomic E-state index is 0.397. The summed E-state index contributed by atoms with van der Waals surface area (Å²) >= 11 is 0. The quantitative estimate of drug-likeness (QED) is 0.492. The van der Waals surface area contributed by atoms with Gasteiger partial charge in [0.15, 0.2) is 0 Å². The maximum atomic E-state index is 13.6. The molecule has 1 aliphatic rings. The fourth-order valence-corrected chi connectivity index (χ4v) is 2.04. The average Bonchev–Trinajstić information content (AvgIpc) is 2.81. The van der Waals surface area contributed by atoms with Crippen LogP contribution in [0.1, 0.15) is 23.2 Å². The second-order valence-electron chi connectivity index (χ2n) is 4.11. The molecule has 6 nitrogen and oxygen atoms in total. The van der Waals surface area contributed by atoms with Crippen molar-refractivity contribution in [1.29, 1.82) is 0 Å². The number of rotatable bonds is 2. The van der Waals surface area contributed by atoms with E-state index in [4.69, 9.17) is 5.73 Å². The molecule has 0 aromatic heterocycles. The van der Waals surface area contributed by atoms with Crippen LogP contribution in [-0.4, -0.2) is 28.8 Å². The van der Waals surface area contributed by atoms with Crippen LogP contribution >= 0.6 is 0 Å². The van der Waals surface area contributed by atoms with Crippen molar-refractivity contribution in [3.8, 4) is 0 Å². The number of amides is 1. The Morgan fingerprint density at radius 2 is 2.00 bits per heavy atom. The largest absolute Gasteiger partial charge is 0.392 e. The number of carbonyl (C=O) groups is 1. The van der Waals surface area contributed by atoms with Gasteiger partial charge in [0.25, 0.3) is 11.6 Å². The monoisotopic (exact) mass is 253 g/mol. The first-order chi connectivity index (χ1) is 8.52. The van der Waals surface area contributed by atoms with Gasteiger partial charge < -0.3 is 10.6 Å². The van der Waals surface area contributed by atoms with Crippen LogP contribution in [0.2, 0.25) is 0 Å². The highest BCUT2D eigenvalue weighted by molar-refractivity contribution is 6.01. The van der Waals surface area contributed by atoms with E-state index in [1.165, 1.54) is 4.90 Å². The molecule has 1 amide bonds. The number of benzene rings is 1. The Morgan fingerprint density at radius 3 is 2.56 bits per heavy atom. The van der Waals surface area contributed by atoms with Gasteiger partial charge in [0.2, 0.25) is 0 Å². The van der Waals surface area contributed by atoms with Crippen molar-refractivity contribution in [2.45, 2.75) is 12.8 Å². The summed E-state index contributed by atoms with van der Waals surface area (Å²) in [5.74, 6) is -1.40. The van der Waals surface area contributed by atoms with Crippen molar-refractivity contribution in [3.05, 3.63) is 33.6 Å². The third-order valence-electron chi connectivity index (χ3n) is 2.98. The number of halogens is 1. The SMILES string of the molecule is Nc1c([N+](=O)[O-])ccc(F)c1C(=O)N1CCCC1. The van der Waals surface area contributed by atoms with E-state index < -0.39 is 33.6 Å². The van der Waals surface area contributed by atoms with E-state index in [0.717, 1.165) is 25.0 Å². The molecule has 0 unspecified atom stereocenters. The molecule has 1 fully saturated rings. The first kappa shape index (κ1) is 12.3. The molecule has 1 heterocycles. The molecular weight excluding hydrogens is 241 g/mol. The number of nitrogen functional groups attached to an aromatic ring is 1. The molecule has 1 aromatic rings. The number of nitro groups is 1. The number of carbonyl (C=O) groups excluding carboxylic acids is 1. The number of nitrogens with two attached hydrogens (primary N) is 1. The van der Waals surface area contributed by atoms with Crippen molar-refractivity contribution < 1.29 is 14.1 Å². The molecule has 0 saturated carbocycles. The van der Waals surface area contributed by atoms with Crippen LogP contribution in [-0.2, 0) is 0 Å². The van der Waals surface area contributed by atoms with E-state index in [2.05, 4.69) is 0 Å². The minimum atomic E-state index is -0.824. The van der Waals surface area contributed by atoms with Crippen LogP contribution < -0.4 is 5.73 Å². The van der Waals surface area contributed by atoms with Gasteiger partial charge in [-0.15, -0.1) is 0 Å². The molecule has 0 spiro atoms. The normalized spacial score (nSPS) is 14.8. The van der Waals surface area contributed by atoms with Crippen molar-refractivity contribution in [2.75, 3.05) is 18.8 Å². The molecule has 1 aliphatic heterocycles. The van der Waals surface area contributed by atoms with E-state index in [9.17, 15) is 19.3 Å². The van der Waals surface area contributed by atoms with E-state index in [1.54, 1.807) is 0 Å². The van der Waals surface area contributed by atoms with Crippen molar-refractivity contribution in [2.24, 2.45) is 0 Å². The number of anilines is 1. The summed E-state index contributed by atoms with van der Waals surface area (Å²) in [4.78, 5) is 23.5. The van der Waals surface area contributed by atoms with Crippen molar-refractivity contribution >= 4 is 17.3 Å². The Bertz CT molecular complexity index is 513. The van der Waals surface area contributed by atoms with E-state index >= 15 is 0 Å². The Morgan fingerprint density at radius 1 is 1.39 bits per heavy atom. The predicted molar refractivity (Wildman–Crippen MR) is 62.6 cm³/mol. The molecule has 96 valence electrons. The lowest BCUT2D eigenvalue weighted by Crippen LogP contribution is -2.29. The lowest BCUT2D eigenvalue weighted by Gasteiger charge is -2.16. The summed E-state index contributed by atoms with van der Waals surface area (Å²) in [5, 5.41) is 10.7. The highest BCUT2D eigenvalue weighted by Crippen LogP contribution is 2.29. The molecule has 2 rings (SSSR count). The molecule has 0 radical (unpaired) electrons. The molecule has 18 heavy (non-hydrogen) atoms. The van der Waals surface area contributed by atoms with E-state index in [-0.39, 0.29) is 0 Å². The summed E-state index contributed by atoms with van der Waals surface area (Å²) in [6.07, 6.45) is 1.70. The van der Waals surface area contributed by atoms with Gasteiger partial charge in [-0.25, -0.2) is 4.39 Å². The lowest BCUT2D eigenvalue weighted by molar-refractivity contribution is -0.384. The molecule has 7 heteroatoms. The molecule has 0 aliphatic carbocycles. The second-order valence-corrected chi connectivity index (χ2v) is 4.11. The van der Waals surface area contributed by atoms with Gasteiger partial charge in [0.1, 0.15) is 17.1 Å². The Labute approximate surface area is 102 Å². The van der Waals surface area contributed by atoms with E-state index in [0.29, 0.717) is 13.1 Å². The number of hydrogen-bond acceptors (Lipinski definition) is 4. The van der Waals surface area contributed by atoms with Crippen molar-refractivity contribution in [3.63, 3.8) is 0 Å². The number of nitrogens with zero attached hydrogens (tertiary/aromatic N) is 2. The topological polar surface area (TPSA) is 89.5 Å². The lowest BCUT2D eigenvalue weighted by atomic mass is 10.1. The van der Waals surface area contributed by atoms with Crippen LogP contribution in [0.3, 0.4) is 0 Å². The maximum absolute atomic E-state index is 13.6. The third-order valence-corrected chi connectivity index (χ3v) is 2.98. The molecular formula is C11H12FN3O3. The average molecular weight is 253 g/mol. The summed E-state index contributed by atoms with van der Waals surface area (Å²) in [5.41, 5.74) is 4.28. The maximum Gasteiger partial charge on any atom is 0.293 e. The van der Waals surface area contributed by atoms with Gasteiger partial charge in [0.05, 0.1) is 4.92 Å². The number of hydrogen-bond donors (Lipinski definition) is 1. The van der Waals surface area contributed by atoms with Crippen LogP contribution in [0.15, 0.2) is 12.1 Å². The highest BCUT2D eigenvalue weighted by atomic mass is 19.1. The fraction of sp³-hybridized carbons (Fsp3) is 0.364. The smallest absolute Gasteiger partial charge is 0.293 e. The predicted octanol–water partition coefficient (Wildman–Crippen LogP) is 1.55. The van der Waals surface area contributed by atoms with Gasteiger partial charge in [-0.3, -0.25) is 14.9 Å². The van der Waals surface area contributed by atoms with Gasteiger partial charge in [-0.2, -0.15) is 0 Å². The Kier molecular flexibility index (Phi) is 3.14. The van der Waals surface area contributed by atoms with Crippen molar-refractivity contribution in [1.82, 2.24) is 4.90 Å². The fourth-order valence-electron chi connectivity index (χ4n) is 2.04. The summed E-state index contributed by atoms with van der Waals surface area (Å²) < 4.78 is 13.6. The number of nitro benzene ring substituents is 1. The van der Waals surface area contributed by atoms with Crippen LogP contribution in [0.5, 0.6) is 0 Å². The van der Waals surface area contributed by atoms with Crippen LogP contribution in [0, 0.1) is 15.9 Å². The van der Waals surface area contributed by atoms with Gasteiger partial charge in [0, 0.05) is 19.2 Å². The minimum Gasteiger partial charge on any atom is -0.392 e. The Balaban J connectivity index is 2.45. The van der Waals surface area contributed by atoms with E-state index in [1.807, 2.05) is 0 Å². The second kappa shape index (κ2) is 4.59. The van der Waals surface area contributed by atoms with Crippen LogP contribution in [0.25, 0.3) is 0 Å². The molecule has 1 aromatic carbocycles. The highest BCUT2D eigenvalue weighted by Gasteiger charge is 2.28.